The number of furan rings is 1. The summed E-state index contributed by atoms with van der Waals surface area (Å²) in [6, 6.07) is 39.1. The van der Waals surface area contributed by atoms with Crippen LogP contribution in [0.25, 0.3) is 72.2 Å². The predicted molar refractivity (Wildman–Crippen MR) is 157 cm³/mol. The Morgan fingerprint density at radius 3 is 1.87 bits per heavy atom. The van der Waals surface area contributed by atoms with Gasteiger partial charge in [0.15, 0.2) is 11.6 Å². The number of para-hydroxylation sites is 3. The predicted octanol–water partition coefficient (Wildman–Crippen LogP) is 8.86. The molecule has 3 aromatic heterocycles. The van der Waals surface area contributed by atoms with E-state index in [0.717, 1.165) is 49.8 Å². The Balaban J connectivity index is 1.28. The molecule has 0 aliphatic heterocycles. The number of halogens is 1. The maximum Gasteiger partial charge on any atom is 0.226 e. The van der Waals surface area contributed by atoms with Crippen molar-refractivity contribution < 1.29 is 4.42 Å². The normalized spacial score (nSPS) is 11.7. The lowest BCUT2D eigenvalue weighted by Crippen LogP contribution is -1.99. The Bertz CT molecular complexity index is 2160. The first kappa shape index (κ1) is 22.0. The second-order valence-electron chi connectivity index (χ2n) is 9.48. The lowest BCUT2D eigenvalue weighted by molar-refractivity contribution is 0.669. The molecule has 39 heavy (non-hydrogen) atoms. The minimum atomic E-state index is 0.148. The molecular formula is C33H19ClN4O. The minimum absolute atomic E-state index is 0.148. The van der Waals surface area contributed by atoms with Crippen LogP contribution in [-0.4, -0.2) is 19.5 Å². The van der Waals surface area contributed by atoms with Gasteiger partial charge in [-0.25, -0.2) is 4.98 Å². The van der Waals surface area contributed by atoms with Gasteiger partial charge in [0, 0.05) is 38.4 Å². The Morgan fingerprint density at radius 1 is 0.513 bits per heavy atom. The molecule has 0 bridgehead atoms. The first-order valence-corrected chi connectivity index (χ1v) is 13.0. The molecule has 8 rings (SSSR count). The summed E-state index contributed by atoms with van der Waals surface area (Å²) < 4.78 is 8.26. The Labute approximate surface area is 228 Å². The van der Waals surface area contributed by atoms with Crippen molar-refractivity contribution in [2.45, 2.75) is 0 Å². The van der Waals surface area contributed by atoms with Crippen LogP contribution in [0.5, 0.6) is 0 Å². The molecule has 0 aliphatic carbocycles. The molecule has 8 aromatic rings. The van der Waals surface area contributed by atoms with Crippen LogP contribution in [-0.2, 0) is 0 Å². The number of nitrogens with zero attached hydrogens (tertiary/aromatic N) is 4. The summed E-state index contributed by atoms with van der Waals surface area (Å²) in [5.74, 6) is 1.03. The van der Waals surface area contributed by atoms with Crippen LogP contribution < -0.4 is 0 Å². The lowest BCUT2D eigenvalue weighted by atomic mass is 10.1. The van der Waals surface area contributed by atoms with Gasteiger partial charge in [-0.15, -0.1) is 0 Å². The van der Waals surface area contributed by atoms with Gasteiger partial charge in [-0.3, -0.25) is 0 Å². The van der Waals surface area contributed by atoms with E-state index in [2.05, 4.69) is 81.3 Å². The Morgan fingerprint density at radius 2 is 1.13 bits per heavy atom. The van der Waals surface area contributed by atoms with Gasteiger partial charge in [0.05, 0.1) is 11.0 Å². The third-order valence-electron chi connectivity index (χ3n) is 7.19. The molecular weight excluding hydrogens is 504 g/mol. The molecule has 0 aliphatic rings. The van der Waals surface area contributed by atoms with Crippen molar-refractivity contribution in [3.8, 4) is 28.5 Å². The SMILES string of the molecule is Clc1nc(-c2cccc(-n3c4ccccc4c4ccccc43)c2)nc(-c2ccc3oc4ccccc4c3c2)n1. The summed E-state index contributed by atoms with van der Waals surface area (Å²) in [4.78, 5) is 13.8. The standard InChI is InChI=1S/C33H19ClN4O/c34-33-36-31(35-32(37-33)21-16-17-30-26(19-21)25-12-3-6-15-29(25)39-30)20-8-7-9-22(18-20)38-27-13-4-1-10-23(27)24-11-2-5-14-28(24)38/h1-19H. The van der Waals surface area contributed by atoms with Crippen molar-refractivity contribution >= 4 is 55.3 Å². The highest BCUT2D eigenvalue weighted by Crippen LogP contribution is 2.34. The third kappa shape index (κ3) is 3.51. The molecule has 5 aromatic carbocycles. The summed E-state index contributed by atoms with van der Waals surface area (Å²) >= 11 is 6.45. The van der Waals surface area contributed by atoms with Crippen molar-refractivity contribution in [3.05, 3.63) is 121 Å². The van der Waals surface area contributed by atoms with Crippen molar-refractivity contribution in [2.24, 2.45) is 0 Å². The first-order chi connectivity index (χ1) is 19.2. The number of rotatable bonds is 3. The van der Waals surface area contributed by atoms with E-state index in [0.29, 0.717) is 11.6 Å². The molecule has 0 unspecified atom stereocenters. The molecule has 184 valence electrons. The van der Waals surface area contributed by atoms with E-state index < -0.39 is 0 Å². The fraction of sp³-hybridized carbons (Fsp3) is 0. The van der Waals surface area contributed by atoms with Gasteiger partial charge in [0.25, 0.3) is 0 Å². The van der Waals surface area contributed by atoms with Gasteiger partial charge in [-0.05, 0) is 60.1 Å². The van der Waals surface area contributed by atoms with Crippen LogP contribution in [0.3, 0.4) is 0 Å². The largest absolute Gasteiger partial charge is 0.456 e. The molecule has 0 atom stereocenters. The van der Waals surface area contributed by atoms with Crippen molar-refractivity contribution in [1.82, 2.24) is 19.5 Å². The van der Waals surface area contributed by atoms with E-state index >= 15 is 0 Å². The summed E-state index contributed by atoms with van der Waals surface area (Å²) in [6.45, 7) is 0. The molecule has 0 saturated carbocycles. The van der Waals surface area contributed by atoms with E-state index in [1.165, 1.54) is 10.8 Å². The van der Waals surface area contributed by atoms with Crippen LogP contribution in [0.4, 0.5) is 0 Å². The number of aromatic nitrogens is 4. The Kier molecular flexibility index (Phi) is 4.81. The molecule has 5 nitrogen and oxygen atoms in total. The zero-order valence-electron chi connectivity index (χ0n) is 20.5. The van der Waals surface area contributed by atoms with E-state index in [-0.39, 0.29) is 5.28 Å². The molecule has 0 N–H and O–H groups in total. The van der Waals surface area contributed by atoms with E-state index in [1.54, 1.807) is 0 Å². The summed E-state index contributed by atoms with van der Waals surface area (Å²) in [7, 11) is 0. The zero-order valence-corrected chi connectivity index (χ0v) is 21.3. The lowest BCUT2D eigenvalue weighted by Gasteiger charge is -2.10. The molecule has 0 spiro atoms. The molecule has 0 radical (unpaired) electrons. The van der Waals surface area contributed by atoms with Gasteiger partial charge < -0.3 is 8.98 Å². The van der Waals surface area contributed by atoms with E-state index in [4.69, 9.17) is 21.0 Å². The number of fused-ring (bicyclic) bond motifs is 6. The Hall–Kier alpha value is -5.00. The highest BCUT2D eigenvalue weighted by Gasteiger charge is 2.15. The van der Waals surface area contributed by atoms with E-state index in [1.807, 2.05) is 48.5 Å². The van der Waals surface area contributed by atoms with Gasteiger partial charge in [-0.2, -0.15) is 9.97 Å². The van der Waals surface area contributed by atoms with Gasteiger partial charge in [-0.1, -0.05) is 66.7 Å². The summed E-state index contributed by atoms with van der Waals surface area (Å²) in [6.07, 6.45) is 0. The highest BCUT2D eigenvalue weighted by atomic mass is 35.5. The monoisotopic (exact) mass is 522 g/mol. The third-order valence-corrected chi connectivity index (χ3v) is 7.35. The van der Waals surface area contributed by atoms with Crippen LogP contribution in [0.1, 0.15) is 0 Å². The van der Waals surface area contributed by atoms with Gasteiger partial charge >= 0.3 is 0 Å². The van der Waals surface area contributed by atoms with Crippen LogP contribution in [0, 0.1) is 0 Å². The smallest absolute Gasteiger partial charge is 0.226 e. The van der Waals surface area contributed by atoms with Crippen LogP contribution in [0.15, 0.2) is 120 Å². The van der Waals surface area contributed by atoms with Crippen LogP contribution >= 0.6 is 11.6 Å². The average molecular weight is 523 g/mol. The average Bonchev–Trinajstić information content (AvgIpc) is 3.52. The second kappa shape index (κ2) is 8.51. The molecule has 6 heteroatoms. The minimum Gasteiger partial charge on any atom is -0.456 e. The van der Waals surface area contributed by atoms with Crippen molar-refractivity contribution in [1.29, 1.82) is 0 Å². The maximum atomic E-state index is 6.45. The summed E-state index contributed by atoms with van der Waals surface area (Å²) in [5, 5.41) is 4.63. The number of benzene rings is 5. The van der Waals surface area contributed by atoms with Crippen molar-refractivity contribution in [3.63, 3.8) is 0 Å². The molecule has 0 saturated heterocycles. The molecule has 0 amide bonds. The highest BCUT2D eigenvalue weighted by molar-refractivity contribution is 6.28. The zero-order chi connectivity index (χ0) is 25.9. The van der Waals surface area contributed by atoms with E-state index in [9.17, 15) is 0 Å². The fourth-order valence-corrected chi connectivity index (χ4v) is 5.62. The molecule has 3 heterocycles. The topological polar surface area (TPSA) is 56.7 Å². The second-order valence-corrected chi connectivity index (χ2v) is 9.82. The summed E-state index contributed by atoms with van der Waals surface area (Å²) in [5.41, 5.74) is 6.68. The molecule has 0 fully saturated rings. The fourth-order valence-electron chi connectivity index (χ4n) is 5.46. The number of hydrogen-bond donors (Lipinski definition) is 0. The van der Waals surface area contributed by atoms with Gasteiger partial charge in [0.1, 0.15) is 11.2 Å². The first-order valence-electron chi connectivity index (χ1n) is 12.7. The number of hydrogen-bond acceptors (Lipinski definition) is 4. The maximum absolute atomic E-state index is 6.45. The van der Waals surface area contributed by atoms with Gasteiger partial charge in [0.2, 0.25) is 5.28 Å². The van der Waals surface area contributed by atoms with Crippen molar-refractivity contribution in [2.75, 3.05) is 0 Å². The quantitative estimate of drug-likeness (QED) is 0.232. The van der Waals surface area contributed by atoms with Crippen LogP contribution in [0.2, 0.25) is 5.28 Å².